The van der Waals surface area contributed by atoms with Gasteiger partial charge >= 0.3 is 0 Å². The lowest BCUT2D eigenvalue weighted by Crippen LogP contribution is -2.34. The molecule has 60 valence electrons. The van der Waals surface area contributed by atoms with Crippen molar-refractivity contribution in [2.45, 2.75) is 37.6 Å². The highest BCUT2D eigenvalue weighted by atomic mass is 79.9. The number of halogens is 1. The minimum Gasteiger partial charge on any atom is -0.378 e. The van der Waals surface area contributed by atoms with Crippen molar-refractivity contribution in [2.75, 3.05) is 6.61 Å². The number of rotatable bonds is 1. The van der Waals surface area contributed by atoms with Crippen LogP contribution in [0.25, 0.3) is 0 Å². The Kier molecular flexibility index (Phi) is 3.18. The van der Waals surface area contributed by atoms with E-state index in [1.807, 2.05) is 0 Å². The maximum atomic E-state index is 5.52. The van der Waals surface area contributed by atoms with E-state index in [0.29, 0.717) is 16.8 Å². The van der Waals surface area contributed by atoms with Gasteiger partial charge in [0.1, 0.15) is 0 Å². The van der Waals surface area contributed by atoms with Gasteiger partial charge in [-0.15, -0.1) is 0 Å². The van der Waals surface area contributed by atoms with E-state index in [-0.39, 0.29) is 0 Å². The van der Waals surface area contributed by atoms with Crippen LogP contribution < -0.4 is 0 Å². The first-order valence-corrected chi connectivity index (χ1v) is 4.93. The lowest BCUT2D eigenvalue weighted by molar-refractivity contribution is -0.0104. The summed E-state index contributed by atoms with van der Waals surface area (Å²) in [5, 5.41) is 0. The Morgan fingerprint density at radius 2 is 2.30 bits per heavy atom. The van der Waals surface area contributed by atoms with Gasteiger partial charge in [0.25, 0.3) is 0 Å². The van der Waals surface area contributed by atoms with Crippen LogP contribution in [0.4, 0.5) is 0 Å². The molecule has 1 heterocycles. The Morgan fingerprint density at radius 1 is 1.60 bits per heavy atom. The first-order chi connectivity index (χ1) is 4.75. The van der Waals surface area contributed by atoms with E-state index >= 15 is 0 Å². The van der Waals surface area contributed by atoms with Gasteiger partial charge < -0.3 is 4.74 Å². The molecule has 0 spiro atoms. The number of hydrogen-bond acceptors (Lipinski definition) is 1. The zero-order chi connectivity index (χ0) is 7.56. The lowest BCUT2D eigenvalue weighted by atomic mass is 9.93. The Balaban J connectivity index is 2.45. The summed E-state index contributed by atoms with van der Waals surface area (Å²) in [5.41, 5.74) is 0. The van der Waals surface area contributed by atoms with Gasteiger partial charge in [0.2, 0.25) is 0 Å². The average Bonchev–Trinajstić information content (AvgIpc) is 1.88. The Morgan fingerprint density at radius 3 is 2.70 bits per heavy atom. The summed E-state index contributed by atoms with van der Waals surface area (Å²) >= 11 is 3.68. The molecule has 0 aliphatic carbocycles. The van der Waals surface area contributed by atoms with Gasteiger partial charge in [-0.1, -0.05) is 22.9 Å². The predicted octanol–water partition coefficient (Wildman–Crippen LogP) is 2.58. The second-order valence-electron chi connectivity index (χ2n) is 2.95. The largest absolute Gasteiger partial charge is 0.378 e. The summed E-state index contributed by atoms with van der Waals surface area (Å²) in [6.07, 6.45) is 2.84. The van der Waals surface area contributed by atoms with Crippen molar-refractivity contribution < 1.29 is 4.74 Å². The van der Waals surface area contributed by atoms with Crippen LogP contribution in [0, 0.1) is 5.92 Å². The summed E-state index contributed by atoms with van der Waals surface area (Å²) in [6.45, 7) is 5.32. The van der Waals surface area contributed by atoms with Gasteiger partial charge in [0, 0.05) is 11.4 Å². The fraction of sp³-hybridized carbons (Fsp3) is 1.00. The molecule has 0 amide bonds. The third-order valence-corrected chi connectivity index (χ3v) is 3.45. The first-order valence-electron chi connectivity index (χ1n) is 4.01. The molecular formula is C8H15BrO. The molecule has 0 saturated carbocycles. The van der Waals surface area contributed by atoms with Crippen LogP contribution in [0.15, 0.2) is 0 Å². The number of hydrogen-bond donors (Lipinski definition) is 0. The standard InChI is InChI=1S/C8H15BrO/c1-3-7-6(2)10-5-4-8(7)9/h6-8H,3-5H2,1-2H3/t6-,7-,8-/m1/s1. The molecule has 1 fully saturated rings. The van der Waals surface area contributed by atoms with E-state index in [1.165, 1.54) is 12.8 Å². The van der Waals surface area contributed by atoms with Gasteiger partial charge in [0.15, 0.2) is 0 Å². The van der Waals surface area contributed by atoms with Gasteiger partial charge in [-0.2, -0.15) is 0 Å². The highest BCUT2D eigenvalue weighted by Gasteiger charge is 2.27. The quantitative estimate of drug-likeness (QED) is 0.600. The van der Waals surface area contributed by atoms with E-state index < -0.39 is 0 Å². The molecule has 0 bridgehead atoms. The monoisotopic (exact) mass is 206 g/mol. The molecule has 0 N–H and O–H groups in total. The van der Waals surface area contributed by atoms with Crippen molar-refractivity contribution >= 4 is 15.9 Å². The van der Waals surface area contributed by atoms with Gasteiger partial charge in [-0.25, -0.2) is 0 Å². The van der Waals surface area contributed by atoms with E-state index in [9.17, 15) is 0 Å². The van der Waals surface area contributed by atoms with E-state index in [1.54, 1.807) is 0 Å². The van der Waals surface area contributed by atoms with Crippen molar-refractivity contribution in [3.8, 4) is 0 Å². The number of alkyl halides is 1. The smallest absolute Gasteiger partial charge is 0.0585 e. The zero-order valence-corrected chi connectivity index (χ0v) is 8.23. The van der Waals surface area contributed by atoms with Crippen LogP contribution in [0.3, 0.4) is 0 Å². The second kappa shape index (κ2) is 3.72. The van der Waals surface area contributed by atoms with Crippen LogP contribution in [-0.4, -0.2) is 17.5 Å². The molecule has 0 aromatic rings. The summed E-state index contributed by atoms with van der Waals surface area (Å²) in [5.74, 6) is 0.716. The minimum atomic E-state index is 0.447. The Labute approximate surface area is 71.3 Å². The van der Waals surface area contributed by atoms with Gasteiger partial charge in [-0.05, 0) is 25.7 Å². The van der Waals surface area contributed by atoms with Crippen molar-refractivity contribution in [2.24, 2.45) is 5.92 Å². The molecule has 10 heavy (non-hydrogen) atoms. The predicted molar refractivity (Wildman–Crippen MR) is 46.5 cm³/mol. The number of ether oxygens (including phenoxy) is 1. The van der Waals surface area contributed by atoms with Crippen molar-refractivity contribution in [3.05, 3.63) is 0 Å². The van der Waals surface area contributed by atoms with Gasteiger partial charge in [-0.3, -0.25) is 0 Å². The topological polar surface area (TPSA) is 9.23 Å². The Bertz CT molecular complexity index is 95.4. The summed E-state index contributed by atoms with van der Waals surface area (Å²) in [7, 11) is 0. The molecule has 3 atom stereocenters. The lowest BCUT2D eigenvalue weighted by Gasteiger charge is -2.32. The average molecular weight is 207 g/mol. The van der Waals surface area contributed by atoms with Crippen LogP contribution in [0.2, 0.25) is 0 Å². The minimum absolute atomic E-state index is 0.447. The van der Waals surface area contributed by atoms with Gasteiger partial charge in [0.05, 0.1) is 6.10 Å². The fourth-order valence-electron chi connectivity index (χ4n) is 1.59. The highest BCUT2D eigenvalue weighted by Crippen LogP contribution is 2.29. The van der Waals surface area contributed by atoms with Crippen LogP contribution in [-0.2, 0) is 4.74 Å². The molecule has 1 aliphatic heterocycles. The van der Waals surface area contributed by atoms with Crippen LogP contribution >= 0.6 is 15.9 Å². The molecule has 1 rings (SSSR count). The van der Waals surface area contributed by atoms with Crippen LogP contribution in [0.5, 0.6) is 0 Å². The molecule has 0 aromatic carbocycles. The normalized spacial score (nSPS) is 41.7. The SMILES string of the molecule is CC[C@H]1[C@H](Br)CCO[C@@H]1C. The first kappa shape index (κ1) is 8.54. The molecule has 0 radical (unpaired) electrons. The molecular weight excluding hydrogens is 192 g/mol. The van der Waals surface area contributed by atoms with Crippen molar-refractivity contribution in [1.82, 2.24) is 0 Å². The summed E-state index contributed by atoms with van der Waals surface area (Å²) in [4.78, 5) is 0.682. The third kappa shape index (κ3) is 1.73. The second-order valence-corrected chi connectivity index (χ2v) is 4.13. The maximum Gasteiger partial charge on any atom is 0.0585 e. The molecule has 0 aromatic heterocycles. The molecule has 1 aliphatic rings. The maximum absolute atomic E-state index is 5.52. The van der Waals surface area contributed by atoms with E-state index in [0.717, 1.165) is 6.61 Å². The van der Waals surface area contributed by atoms with E-state index in [2.05, 4.69) is 29.8 Å². The highest BCUT2D eigenvalue weighted by molar-refractivity contribution is 9.09. The molecule has 2 heteroatoms. The summed E-state index contributed by atoms with van der Waals surface area (Å²) < 4.78 is 5.52. The molecule has 1 nitrogen and oxygen atoms in total. The van der Waals surface area contributed by atoms with E-state index in [4.69, 9.17) is 4.74 Å². The summed E-state index contributed by atoms with van der Waals surface area (Å²) in [6, 6.07) is 0. The van der Waals surface area contributed by atoms with Crippen molar-refractivity contribution in [3.63, 3.8) is 0 Å². The Hall–Kier alpha value is 0.440. The van der Waals surface area contributed by atoms with Crippen molar-refractivity contribution in [1.29, 1.82) is 0 Å². The third-order valence-electron chi connectivity index (χ3n) is 2.31. The fourth-order valence-corrected chi connectivity index (χ4v) is 2.58. The zero-order valence-electron chi connectivity index (χ0n) is 6.64. The molecule has 0 unspecified atom stereocenters. The van der Waals surface area contributed by atoms with Crippen LogP contribution in [0.1, 0.15) is 26.7 Å². The molecule has 1 saturated heterocycles.